The SMILES string of the molecule is Cc1cc(C)nc(N2CCN(c3ccc(NC(=O)C(=O)c4c(-c5ccccc5)cc(C)n4C)cc3N(C)C)CC2)c1. The summed E-state index contributed by atoms with van der Waals surface area (Å²) < 4.78 is 1.78. The van der Waals surface area contributed by atoms with Gasteiger partial charge in [-0.05, 0) is 68.3 Å². The predicted octanol–water partition coefficient (Wildman–Crippen LogP) is 5.23. The van der Waals surface area contributed by atoms with Gasteiger partial charge in [0.2, 0.25) is 0 Å². The van der Waals surface area contributed by atoms with Gasteiger partial charge in [0.25, 0.3) is 11.7 Å². The number of hydrogen-bond donors (Lipinski definition) is 1. The van der Waals surface area contributed by atoms with Crippen LogP contribution >= 0.6 is 0 Å². The quantitative estimate of drug-likeness (QED) is 0.251. The number of amides is 1. The number of benzene rings is 2. The van der Waals surface area contributed by atoms with Crippen LogP contribution in [0.5, 0.6) is 0 Å². The Hall–Kier alpha value is -4.59. The molecule has 2 aromatic heterocycles. The Morgan fingerprint density at radius 2 is 1.54 bits per heavy atom. The first-order valence-corrected chi connectivity index (χ1v) is 14.0. The minimum atomic E-state index is -0.657. The van der Waals surface area contributed by atoms with E-state index in [0.29, 0.717) is 11.4 Å². The van der Waals surface area contributed by atoms with E-state index >= 15 is 0 Å². The number of hydrogen-bond acceptors (Lipinski definition) is 6. The van der Waals surface area contributed by atoms with Crippen LogP contribution in [0.3, 0.4) is 0 Å². The second-order valence-corrected chi connectivity index (χ2v) is 11.0. The minimum Gasteiger partial charge on any atom is -0.376 e. The number of Topliss-reactive ketones (excluding diaryl/α,β-unsaturated/α-hetero) is 1. The fraction of sp³-hybridized carbons (Fsp3) is 0.303. The number of carbonyl (C=O) groups is 2. The first kappa shape index (κ1) is 28.0. The Labute approximate surface area is 242 Å². The van der Waals surface area contributed by atoms with E-state index in [1.165, 1.54) is 5.56 Å². The lowest BCUT2D eigenvalue weighted by Gasteiger charge is -2.38. The van der Waals surface area contributed by atoms with Crippen LogP contribution in [0.4, 0.5) is 22.9 Å². The van der Waals surface area contributed by atoms with Gasteiger partial charge in [-0.2, -0.15) is 0 Å². The Balaban J connectivity index is 1.33. The lowest BCUT2D eigenvalue weighted by molar-refractivity contribution is -0.112. The highest BCUT2D eigenvalue weighted by Crippen LogP contribution is 2.33. The fourth-order valence-electron chi connectivity index (χ4n) is 5.52. The number of carbonyl (C=O) groups excluding carboxylic acids is 2. The molecule has 5 rings (SSSR count). The summed E-state index contributed by atoms with van der Waals surface area (Å²) in [6.45, 7) is 9.53. The number of aromatic nitrogens is 2. The van der Waals surface area contributed by atoms with E-state index in [9.17, 15) is 9.59 Å². The van der Waals surface area contributed by atoms with E-state index in [-0.39, 0.29) is 0 Å². The first-order valence-electron chi connectivity index (χ1n) is 14.0. The van der Waals surface area contributed by atoms with E-state index < -0.39 is 11.7 Å². The molecule has 0 atom stereocenters. The molecule has 0 saturated carbocycles. The van der Waals surface area contributed by atoms with Crippen LogP contribution in [-0.2, 0) is 11.8 Å². The number of rotatable bonds is 7. The molecule has 1 N–H and O–H groups in total. The number of pyridine rings is 1. The molecule has 1 aliphatic rings. The second kappa shape index (κ2) is 11.5. The number of aryl methyl sites for hydroxylation is 3. The van der Waals surface area contributed by atoms with Gasteiger partial charge in [-0.25, -0.2) is 4.98 Å². The standard InChI is InChI=1S/C33H38N6O2/c1-22-18-23(2)34-30(19-22)39-16-14-38(15-17-39)28-13-12-26(21-29(28)36(4)5)35-33(41)32(40)31-27(20-24(3)37(31)6)25-10-8-7-9-11-25/h7-13,18-21H,14-17H2,1-6H3,(H,35,41). The van der Waals surface area contributed by atoms with Crippen LogP contribution < -0.4 is 20.0 Å². The predicted molar refractivity (Wildman–Crippen MR) is 167 cm³/mol. The maximum Gasteiger partial charge on any atom is 0.298 e. The molecule has 0 spiro atoms. The van der Waals surface area contributed by atoms with Crippen LogP contribution in [0, 0.1) is 20.8 Å². The zero-order chi connectivity index (χ0) is 29.3. The van der Waals surface area contributed by atoms with Crippen LogP contribution in [0.2, 0.25) is 0 Å². The second-order valence-electron chi connectivity index (χ2n) is 11.0. The van der Waals surface area contributed by atoms with Gasteiger partial charge in [0.1, 0.15) is 11.5 Å². The van der Waals surface area contributed by atoms with Crippen molar-refractivity contribution in [2.75, 3.05) is 60.3 Å². The summed E-state index contributed by atoms with van der Waals surface area (Å²) >= 11 is 0. The van der Waals surface area contributed by atoms with Crippen LogP contribution in [0.1, 0.15) is 27.4 Å². The minimum absolute atomic E-state index is 0.381. The van der Waals surface area contributed by atoms with Crippen molar-refractivity contribution in [3.63, 3.8) is 0 Å². The zero-order valence-corrected chi connectivity index (χ0v) is 24.7. The van der Waals surface area contributed by atoms with Crippen LogP contribution in [0.25, 0.3) is 11.1 Å². The monoisotopic (exact) mass is 550 g/mol. The van der Waals surface area contributed by atoms with Gasteiger partial charge in [0, 0.05) is 70.0 Å². The molecule has 8 heteroatoms. The molecule has 4 aromatic rings. The number of nitrogens with one attached hydrogen (secondary N) is 1. The smallest absolute Gasteiger partial charge is 0.298 e. The number of piperazine rings is 1. The summed E-state index contributed by atoms with van der Waals surface area (Å²) in [4.78, 5) is 38.1. The van der Waals surface area contributed by atoms with Crippen LogP contribution in [0.15, 0.2) is 66.7 Å². The third-order valence-electron chi connectivity index (χ3n) is 7.72. The summed E-state index contributed by atoms with van der Waals surface area (Å²) in [7, 11) is 5.80. The molecular formula is C33H38N6O2. The Morgan fingerprint density at radius 1 is 0.854 bits per heavy atom. The first-order chi connectivity index (χ1) is 19.6. The molecule has 1 saturated heterocycles. The highest BCUT2D eigenvalue weighted by Gasteiger charge is 2.26. The Kier molecular flexibility index (Phi) is 7.83. The summed E-state index contributed by atoms with van der Waals surface area (Å²) in [5.41, 5.74) is 7.86. The molecule has 3 heterocycles. The van der Waals surface area contributed by atoms with Crippen molar-refractivity contribution in [1.29, 1.82) is 0 Å². The van der Waals surface area contributed by atoms with Crippen molar-refractivity contribution in [3.8, 4) is 11.1 Å². The Bertz CT molecular complexity index is 1560. The van der Waals surface area contributed by atoms with Crippen molar-refractivity contribution >= 4 is 34.6 Å². The van der Waals surface area contributed by atoms with E-state index in [4.69, 9.17) is 4.98 Å². The van der Waals surface area contributed by atoms with E-state index in [1.807, 2.05) is 94.5 Å². The maximum atomic E-state index is 13.4. The van der Waals surface area contributed by atoms with Gasteiger partial charge >= 0.3 is 0 Å². The summed E-state index contributed by atoms with van der Waals surface area (Å²) in [5, 5.41) is 2.86. The van der Waals surface area contributed by atoms with Gasteiger partial charge in [-0.3, -0.25) is 9.59 Å². The lowest BCUT2D eigenvalue weighted by Crippen LogP contribution is -2.47. The van der Waals surface area contributed by atoms with Crippen molar-refractivity contribution in [3.05, 3.63) is 89.4 Å². The topological polar surface area (TPSA) is 73.7 Å². The molecule has 0 bridgehead atoms. The fourth-order valence-corrected chi connectivity index (χ4v) is 5.52. The van der Waals surface area contributed by atoms with E-state index in [1.54, 1.807) is 4.57 Å². The van der Waals surface area contributed by atoms with Crippen molar-refractivity contribution in [1.82, 2.24) is 9.55 Å². The average Bonchev–Trinajstić information content (AvgIpc) is 3.26. The van der Waals surface area contributed by atoms with Crippen molar-refractivity contribution in [2.45, 2.75) is 20.8 Å². The van der Waals surface area contributed by atoms with Gasteiger partial charge in [0.15, 0.2) is 0 Å². The third kappa shape index (κ3) is 5.82. The lowest BCUT2D eigenvalue weighted by atomic mass is 10.0. The molecule has 0 aliphatic carbocycles. The molecule has 1 aliphatic heterocycles. The third-order valence-corrected chi connectivity index (χ3v) is 7.72. The molecule has 8 nitrogen and oxygen atoms in total. The average molecular weight is 551 g/mol. The van der Waals surface area contributed by atoms with Gasteiger partial charge in [0.05, 0.1) is 11.4 Å². The van der Waals surface area contributed by atoms with E-state index in [2.05, 4.69) is 34.2 Å². The molecule has 1 fully saturated rings. The Morgan fingerprint density at radius 3 is 2.20 bits per heavy atom. The van der Waals surface area contributed by atoms with Gasteiger partial charge in [-0.1, -0.05) is 30.3 Å². The summed E-state index contributed by atoms with van der Waals surface area (Å²) in [6.07, 6.45) is 0. The molecule has 212 valence electrons. The maximum absolute atomic E-state index is 13.4. The summed E-state index contributed by atoms with van der Waals surface area (Å²) in [6, 6.07) is 21.7. The largest absolute Gasteiger partial charge is 0.376 e. The molecule has 0 radical (unpaired) electrons. The highest BCUT2D eigenvalue weighted by atomic mass is 16.2. The van der Waals surface area contributed by atoms with Gasteiger partial charge in [-0.15, -0.1) is 0 Å². The molecule has 41 heavy (non-hydrogen) atoms. The molecule has 1 amide bonds. The van der Waals surface area contributed by atoms with Crippen molar-refractivity contribution in [2.24, 2.45) is 7.05 Å². The highest BCUT2D eigenvalue weighted by molar-refractivity contribution is 6.47. The zero-order valence-electron chi connectivity index (χ0n) is 24.7. The van der Waals surface area contributed by atoms with E-state index in [0.717, 1.165) is 65.9 Å². The molecule has 0 unspecified atom stereocenters. The van der Waals surface area contributed by atoms with Crippen LogP contribution in [-0.4, -0.2) is 61.5 Å². The molecule has 2 aromatic carbocycles. The normalized spacial score (nSPS) is 13.3. The number of anilines is 4. The summed E-state index contributed by atoms with van der Waals surface area (Å²) in [5.74, 6) is -0.192. The number of ketones is 1. The van der Waals surface area contributed by atoms with Crippen molar-refractivity contribution < 1.29 is 9.59 Å². The number of nitrogens with zero attached hydrogens (tertiary/aromatic N) is 5. The molecular weight excluding hydrogens is 512 g/mol. The van der Waals surface area contributed by atoms with Gasteiger partial charge < -0.3 is 24.6 Å².